The summed E-state index contributed by atoms with van der Waals surface area (Å²) in [5.74, 6) is -0.143. The number of aliphatic hydroxyl groups is 1. The van der Waals surface area contributed by atoms with Crippen LogP contribution in [0, 0.1) is 0 Å². The molecule has 9 heteroatoms. The molecule has 0 aliphatic heterocycles. The number of rotatable bonds is 53. The molecule has 0 saturated heterocycles. The molecule has 0 aromatic rings. The van der Waals surface area contributed by atoms with Gasteiger partial charge in [0.15, 0.2) is 0 Å². The molecular weight excluding hydrogens is 840 g/mol. The highest BCUT2D eigenvalue weighted by molar-refractivity contribution is 7.47. The number of likely N-dealkylation sites (N-methyl/N-ethyl adjacent to an activating group) is 1. The van der Waals surface area contributed by atoms with Crippen molar-refractivity contribution in [3.8, 4) is 0 Å². The normalized spacial score (nSPS) is 14.1. The third-order valence-electron chi connectivity index (χ3n) is 13.2. The predicted molar refractivity (Wildman–Crippen MR) is 286 cm³/mol. The number of quaternary nitrogens is 1. The number of phosphoric ester groups is 1. The van der Waals surface area contributed by atoms with Gasteiger partial charge in [-0.15, -0.1) is 0 Å². The van der Waals surface area contributed by atoms with Crippen LogP contribution in [0.3, 0.4) is 0 Å². The highest BCUT2D eigenvalue weighted by atomic mass is 31.2. The lowest BCUT2D eigenvalue weighted by Gasteiger charge is -2.26. The summed E-state index contributed by atoms with van der Waals surface area (Å²) in [7, 11) is 1.62. The van der Waals surface area contributed by atoms with E-state index in [4.69, 9.17) is 9.05 Å². The molecule has 0 aliphatic carbocycles. The molecule has 0 fully saturated rings. The number of allylic oxidation sites excluding steroid dienone is 4. The van der Waals surface area contributed by atoms with E-state index in [0.29, 0.717) is 23.9 Å². The maximum atomic E-state index is 13.0. The molecule has 0 heterocycles. The minimum atomic E-state index is -4.32. The zero-order valence-electron chi connectivity index (χ0n) is 44.7. The fourth-order valence-electron chi connectivity index (χ4n) is 8.67. The molecule has 0 rings (SSSR count). The zero-order chi connectivity index (χ0) is 48.5. The van der Waals surface area contributed by atoms with Crippen molar-refractivity contribution >= 4 is 13.7 Å². The summed E-state index contributed by atoms with van der Waals surface area (Å²) < 4.78 is 23.8. The summed E-state index contributed by atoms with van der Waals surface area (Å²) in [6.45, 7) is 4.92. The van der Waals surface area contributed by atoms with Gasteiger partial charge in [-0.3, -0.25) is 13.8 Å². The molecule has 0 spiro atoms. The van der Waals surface area contributed by atoms with Crippen LogP contribution in [-0.4, -0.2) is 73.4 Å². The third kappa shape index (κ3) is 50.8. The Labute approximate surface area is 411 Å². The highest BCUT2D eigenvalue weighted by Crippen LogP contribution is 2.43. The highest BCUT2D eigenvalue weighted by Gasteiger charge is 2.28. The van der Waals surface area contributed by atoms with Crippen LogP contribution in [0.15, 0.2) is 24.3 Å². The standard InChI is InChI=1S/C57H113N2O6P/c1-6-8-10-12-14-16-18-20-22-24-26-28-29-31-33-35-37-39-41-43-45-47-49-51-57(61)58-55(54-65-66(62,63)64-53-52-59(3,4)5)56(60)50-48-46-44-42-40-38-36-34-32-30-27-25-23-21-19-17-15-13-11-9-7-2/h18,20,24,26,55-56,60H,6-17,19,21-23,25,27-54H2,1-5H3,(H-,58,61,62,63)/p+1/b20-18-,26-24-. The van der Waals surface area contributed by atoms with Crippen molar-refractivity contribution in [2.45, 2.75) is 296 Å². The maximum Gasteiger partial charge on any atom is 0.472 e. The van der Waals surface area contributed by atoms with Crippen LogP contribution in [0.25, 0.3) is 0 Å². The SMILES string of the molecule is CCCCCCC/C=C\C/C=C\CCCCCCCCCCCCCC(=O)NC(COP(=O)(O)OCC[N+](C)(C)C)C(O)CCCCCCCCCCCCCCCCCCCCCCC. The molecule has 0 aromatic carbocycles. The average molecular weight is 955 g/mol. The Morgan fingerprint density at radius 1 is 0.515 bits per heavy atom. The zero-order valence-corrected chi connectivity index (χ0v) is 45.6. The minimum Gasteiger partial charge on any atom is -0.391 e. The van der Waals surface area contributed by atoms with Crippen LogP contribution in [-0.2, 0) is 18.4 Å². The Bertz CT molecular complexity index is 1130. The van der Waals surface area contributed by atoms with Gasteiger partial charge in [0.2, 0.25) is 5.91 Å². The van der Waals surface area contributed by atoms with E-state index in [1.807, 2.05) is 21.1 Å². The molecular formula is C57H114N2O6P+. The lowest BCUT2D eigenvalue weighted by atomic mass is 10.0. The van der Waals surface area contributed by atoms with Crippen LogP contribution < -0.4 is 5.32 Å². The van der Waals surface area contributed by atoms with Crippen molar-refractivity contribution < 1.29 is 32.9 Å². The van der Waals surface area contributed by atoms with Crippen molar-refractivity contribution in [3.05, 3.63) is 24.3 Å². The van der Waals surface area contributed by atoms with E-state index in [1.54, 1.807) is 0 Å². The monoisotopic (exact) mass is 954 g/mol. The second-order valence-electron chi connectivity index (χ2n) is 21.0. The van der Waals surface area contributed by atoms with E-state index in [9.17, 15) is 19.4 Å². The Hall–Kier alpha value is -1.02. The van der Waals surface area contributed by atoms with Crippen molar-refractivity contribution in [3.63, 3.8) is 0 Å². The summed E-state index contributed by atoms with van der Waals surface area (Å²) in [4.78, 5) is 23.3. The molecule has 8 nitrogen and oxygen atoms in total. The first-order chi connectivity index (χ1) is 32.0. The van der Waals surface area contributed by atoms with Crippen molar-refractivity contribution in [1.29, 1.82) is 0 Å². The van der Waals surface area contributed by atoms with E-state index in [2.05, 4.69) is 43.5 Å². The number of amides is 1. The van der Waals surface area contributed by atoms with Gasteiger partial charge in [-0.05, 0) is 44.9 Å². The molecule has 0 saturated carbocycles. The van der Waals surface area contributed by atoms with Crippen molar-refractivity contribution in [1.82, 2.24) is 5.32 Å². The van der Waals surface area contributed by atoms with E-state index < -0.39 is 20.0 Å². The smallest absolute Gasteiger partial charge is 0.391 e. The summed E-state index contributed by atoms with van der Waals surface area (Å²) in [5.41, 5.74) is 0. The molecule has 0 radical (unpaired) electrons. The molecule has 3 atom stereocenters. The number of aliphatic hydroxyl groups excluding tert-OH is 1. The number of phosphoric acid groups is 1. The van der Waals surface area contributed by atoms with Gasteiger partial charge in [0.1, 0.15) is 13.2 Å². The number of hydrogen-bond donors (Lipinski definition) is 3. The van der Waals surface area contributed by atoms with Crippen LogP contribution in [0.1, 0.15) is 284 Å². The molecule has 392 valence electrons. The number of carbonyl (C=O) groups is 1. The minimum absolute atomic E-state index is 0.0757. The molecule has 3 unspecified atom stereocenters. The van der Waals surface area contributed by atoms with Crippen LogP contribution in [0.2, 0.25) is 0 Å². The van der Waals surface area contributed by atoms with E-state index >= 15 is 0 Å². The van der Waals surface area contributed by atoms with Gasteiger partial charge in [-0.2, -0.15) is 0 Å². The van der Waals surface area contributed by atoms with Crippen LogP contribution in [0.4, 0.5) is 0 Å². The van der Waals surface area contributed by atoms with Gasteiger partial charge in [-0.1, -0.05) is 256 Å². The molecule has 0 aliphatic rings. The first-order valence-electron chi connectivity index (χ1n) is 28.7. The average Bonchev–Trinajstić information content (AvgIpc) is 3.28. The Morgan fingerprint density at radius 2 is 0.864 bits per heavy atom. The molecule has 66 heavy (non-hydrogen) atoms. The second-order valence-corrected chi connectivity index (χ2v) is 22.5. The van der Waals surface area contributed by atoms with E-state index in [-0.39, 0.29) is 19.1 Å². The van der Waals surface area contributed by atoms with Crippen molar-refractivity contribution in [2.75, 3.05) is 40.9 Å². The third-order valence-corrected chi connectivity index (χ3v) is 14.2. The number of unbranched alkanes of at least 4 members (excludes halogenated alkanes) is 36. The molecule has 3 N–H and O–H groups in total. The van der Waals surface area contributed by atoms with Crippen molar-refractivity contribution in [2.24, 2.45) is 0 Å². The Kier molecular flexibility index (Phi) is 48.2. The lowest BCUT2D eigenvalue weighted by molar-refractivity contribution is -0.870. The van der Waals surface area contributed by atoms with E-state index in [1.165, 1.54) is 212 Å². The summed E-state index contributed by atoms with van der Waals surface area (Å²) >= 11 is 0. The van der Waals surface area contributed by atoms with Crippen LogP contribution >= 0.6 is 7.82 Å². The van der Waals surface area contributed by atoms with Gasteiger partial charge < -0.3 is 19.8 Å². The quantitative estimate of drug-likeness (QED) is 0.0243. The number of nitrogens with zero attached hydrogens (tertiary/aromatic N) is 1. The second kappa shape index (κ2) is 49.0. The predicted octanol–water partition coefficient (Wildman–Crippen LogP) is 17.2. The lowest BCUT2D eigenvalue weighted by Crippen LogP contribution is -2.46. The number of carbonyl (C=O) groups excluding carboxylic acids is 1. The molecule has 0 aromatic heterocycles. The summed E-state index contributed by atoms with van der Waals surface area (Å²) in [6.07, 6.45) is 60.8. The van der Waals surface area contributed by atoms with Crippen LogP contribution in [0.5, 0.6) is 0 Å². The number of nitrogens with one attached hydrogen (secondary N) is 1. The topological polar surface area (TPSA) is 105 Å². The van der Waals surface area contributed by atoms with Gasteiger partial charge in [0, 0.05) is 6.42 Å². The summed E-state index contributed by atoms with van der Waals surface area (Å²) in [5, 5.41) is 14.1. The Morgan fingerprint density at radius 3 is 1.24 bits per heavy atom. The van der Waals surface area contributed by atoms with E-state index in [0.717, 1.165) is 44.9 Å². The fraction of sp³-hybridized carbons (Fsp3) is 0.912. The first-order valence-corrected chi connectivity index (χ1v) is 30.2. The largest absolute Gasteiger partial charge is 0.472 e. The Balaban J connectivity index is 4.17. The fourth-order valence-corrected chi connectivity index (χ4v) is 9.40. The summed E-state index contributed by atoms with van der Waals surface area (Å²) in [6, 6.07) is -0.761. The molecule has 0 bridgehead atoms. The van der Waals surface area contributed by atoms with Gasteiger partial charge in [-0.25, -0.2) is 4.57 Å². The maximum absolute atomic E-state index is 13.0. The van der Waals surface area contributed by atoms with Gasteiger partial charge >= 0.3 is 7.82 Å². The number of hydrogen-bond acceptors (Lipinski definition) is 5. The first kappa shape index (κ1) is 65.0. The molecule has 1 amide bonds. The van der Waals surface area contributed by atoms with Gasteiger partial charge in [0.05, 0.1) is 39.9 Å². The van der Waals surface area contributed by atoms with Gasteiger partial charge in [0.25, 0.3) is 0 Å².